The molecule has 1 saturated heterocycles. The predicted octanol–water partition coefficient (Wildman–Crippen LogP) is 3.55. The van der Waals surface area contributed by atoms with Crippen molar-refractivity contribution in [3.05, 3.63) is 29.8 Å². The lowest BCUT2D eigenvalue weighted by molar-refractivity contribution is 0.159. The van der Waals surface area contributed by atoms with Gasteiger partial charge < -0.3 is 15.5 Å². The standard InChI is InChI=1S/C17H27N3S/c1-14-8-3-4-10-16(14)19-17(21)18-11-7-13-20-12-6-5-9-15(20)2/h3-4,8,10,15H,5-7,9,11-13H2,1-2H3,(H2,18,19,21)/t15-/m1/s1. The van der Waals surface area contributed by atoms with Gasteiger partial charge in [-0.25, -0.2) is 0 Å². The van der Waals surface area contributed by atoms with Crippen LogP contribution in [-0.2, 0) is 0 Å². The Morgan fingerprint density at radius 3 is 2.90 bits per heavy atom. The molecule has 1 heterocycles. The molecule has 1 fully saturated rings. The average molecular weight is 305 g/mol. The third-order valence-corrected chi connectivity index (χ3v) is 4.49. The largest absolute Gasteiger partial charge is 0.362 e. The van der Waals surface area contributed by atoms with E-state index in [1.54, 1.807) is 0 Å². The van der Waals surface area contributed by atoms with Crippen molar-refractivity contribution in [1.82, 2.24) is 10.2 Å². The third kappa shape index (κ3) is 5.29. The normalized spacial score (nSPS) is 19.2. The minimum atomic E-state index is 0.719. The fourth-order valence-electron chi connectivity index (χ4n) is 2.85. The molecule has 2 N–H and O–H groups in total. The zero-order valence-corrected chi connectivity index (χ0v) is 14.0. The van der Waals surface area contributed by atoms with E-state index in [0.717, 1.165) is 29.8 Å². The molecule has 1 aliphatic rings. The second kappa shape index (κ2) is 8.35. The molecule has 0 amide bonds. The Kier molecular flexibility index (Phi) is 6.46. The maximum Gasteiger partial charge on any atom is 0.170 e. The lowest BCUT2D eigenvalue weighted by Gasteiger charge is -2.33. The minimum absolute atomic E-state index is 0.719. The zero-order chi connectivity index (χ0) is 15.1. The summed E-state index contributed by atoms with van der Waals surface area (Å²) in [5, 5.41) is 7.29. The highest BCUT2D eigenvalue weighted by atomic mass is 32.1. The molecule has 0 aliphatic carbocycles. The second-order valence-corrected chi connectivity index (χ2v) is 6.34. The molecule has 0 saturated carbocycles. The molecule has 3 nitrogen and oxygen atoms in total. The molecule has 1 aromatic rings. The minimum Gasteiger partial charge on any atom is -0.362 e. The molecule has 116 valence electrons. The van der Waals surface area contributed by atoms with E-state index in [0.29, 0.717) is 0 Å². The number of piperidine rings is 1. The number of likely N-dealkylation sites (tertiary alicyclic amines) is 1. The molecular weight excluding hydrogens is 278 g/mol. The summed E-state index contributed by atoms with van der Waals surface area (Å²) >= 11 is 5.35. The first kappa shape index (κ1) is 16.2. The Hall–Kier alpha value is -1.13. The maximum absolute atomic E-state index is 5.35. The van der Waals surface area contributed by atoms with Gasteiger partial charge in [0.2, 0.25) is 0 Å². The predicted molar refractivity (Wildman–Crippen MR) is 94.9 cm³/mol. The van der Waals surface area contributed by atoms with Crippen LogP contribution < -0.4 is 10.6 Å². The van der Waals surface area contributed by atoms with Crippen molar-refractivity contribution in [3.8, 4) is 0 Å². The van der Waals surface area contributed by atoms with Gasteiger partial charge in [-0.1, -0.05) is 24.6 Å². The van der Waals surface area contributed by atoms with Crippen molar-refractivity contribution in [2.75, 3.05) is 25.0 Å². The molecule has 21 heavy (non-hydrogen) atoms. The van der Waals surface area contributed by atoms with Gasteiger partial charge in [0.25, 0.3) is 0 Å². The van der Waals surface area contributed by atoms with Crippen LogP contribution in [0.4, 0.5) is 5.69 Å². The van der Waals surface area contributed by atoms with E-state index < -0.39 is 0 Å². The van der Waals surface area contributed by atoms with Crippen LogP contribution in [-0.4, -0.2) is 35.7 Å². The number of hydrogen-bond acceptors (Lipinski definition) is 2. The summed E-state index contributed by atoms with van der Waals surface area (Å²) in [6.45, 7) is 7.79. The zero-order valence-electron chi connectivity index (χ0n) is 13.2. The fourth-order valence-corrected chi connectivity index (χ4v) is 3.07. The van der Waals surface area contributed by atoms with Crippen molar-refractivity contribution < 1.29 is 0 Å². The summed E-state index contributed by atoms with van der Waals surface area (Å²) in [4.78, 5) is 2.60. The molecular formula is C17H27N3S. The number of nitrogens with zero attached hydrogens (tertiary/aromatic N) is 1. The van der Waals surface area contributed by atoms with Gasteiger partial charge >= 0.3 is 0 Å². The first-order chi connectivity index (χ1) is 10.2. The third-order valence-electron chi connectivity index (χ3n) is 4.24. The quantitative estimate of drug-likeness (QED) is 0.643. The van der Waals surface area contributed by atoms with Crippen LogP contribution in [0, 0.1) is 6.92 Å². The summed E-state index contributed by atoms with van der Waals surface area (Å²) in [5.41, 5.74) is 2.29. The SMILES string of the molecule is Cc1ccccc1NC(=S)NCCCN1CCCC[C@H]1C. The van der Waals surface area contributed by atoms with Crippen LogP contribution in [0.3, 0.4) is 0 Å². The highest BCUT2D eigenvalue weighted by molar-refractivity contribution is 7.80. The highest BCUT2D eigenvalue weighted by Gasteiger charge is 2.16. The van der Waals surface area contributed by atoms with Crippen LogP contribution in [0.5, 0.6) is 0 Å². The first-order valence-electron chi connectivity index (χ1n) is 8.01. The number of anilines is 1. The van der Waals surface area contributed by atoms with Crippen LogP contribution in [0.25, 0.3) is 0 Å². The molecule has 1 aromatic carbocycles. The van der Waals surface area contributed by atoms with Crippen molar-refractivity contribution in [2.45, 2.75) is 45.6 Å². The van der Waals surface area contributed by atoms with Gasteiger partial charge in [0.1, 0.15) is 0 Å². The van der Waals surface area contributed by atoms with Crippen molar-refractivity contribution in [3.63, 3.8) is 0 Å². The van der Waals surface area contributed by atoms with Crippen LogP contribution >= 0.6 is 12.2 Å². The molecule has 0 spiro atoms. The number of thiocarbonyl (C=S) groups is 1. The van der Waals surface area contributed by atoms with Crippen LogP contribution in [0.1, 0.15) is 38.2 Å². The van der Waals surface area contributed by atoms with E-state index in [2.05, 4.69) is 41.5 Å². The summed E-state index contributed by atoms with van der Waals surface area (Å²) in [7, 11) is 0. The summed E-state index contributed by atoms with van der Waals surface area (Å²) < 4.78 is 0. The second-order valence-electron chi connectivity index (χ2n) is 5.93. The van der Waals surface area contributed by atoms with Gasteiger partial charge in [-0.15, -0.1) is 0 Å². The highest BCUT2D eigenvalue weighted by Crippen LogP contribution is 2.16. The Morgan fingerprint density at radius 1 is 1.33 bits per heavy atom. The Morgan fingerprint density at radius 2 is 2.14 bits per heavy atom. The molecule has 0 bridgehead atoms. The molecule has 0 unspecified atom stereocenters. The van der Waals surface area contributed by atoms with Gasteiger partial charge in [0.05, 0.1) is 0 Å². The number of nitrogens with one attached hydrogen (secondary N) is 2. The summed E-state index contributed by atoms with van der Waals surface area (Å²) in [5.74, 6) is 0. The van der Waals surface area contributed by atoms with Crippen molar-refractivity contribution >= 4 is 23.0 Å². The van der Waals surface area contributed by atoms with E-state index in [9.17, 15) is 0 Å². The number of aryl methyl sites for hydroxylation is 1. The molecule has 4 heteroatoms. The van der Waals surface area contributed by atoms with Gasteiger partial charge in [-0.05, 0) is 63.5 Å². The lowest BCUT2D eigenvalue weighted by Crippen LogP contribution is -2.39. The van der Waals surface area contributed by atoms with Gasteiger partial charge in [-0.3, -0.25) is 0 Å². The number of para-hydroxylation sites is 1. The molecule has 0 aromatic heterocycles. The fraction of sp³-hybridized carbons (Fsp3) is 0.588. The van der Waals surface area contributed by atoms with E-state index in [1.807, 2.05) is 12.1 Å². The topological polar surface area (TPSA) is 27.3 Å². The lowest BCUT2D eigenvalue weighted by atomic mass is 10.0. The average Bonchev–Trinajstić information content (AvgIpc) is 2.48. The van der Waals surface area contributed by atoms with Gasteiger partial charge in [-0.2, -0.15) is 0 Å². The number of benzene rings is 1. The van der Waals surface area contributed by atoms with Crippen LogP contribution in [0.15, 0.2) is 24.3 Å². The van der Waals surface area contributed by atoms with E-state index in [4.69, 9.17) is 12.2 Å². The Bertz CT molecular complexity index is 461. The van der Waals surface area contributed by atoms with Crippen LogP contribution in [0.2, 0.25) is 0 Å². The maximum atomic E-state index is 5.35. The number of hydrogen-bond donors (Lipinski definition) is 2. The van der Waals surface area contributed by atoms with E-state index in [1.165, 1.54) is 37.9 Å². The molecule has 1 atom stereocenters. The first-order valence-corrected chi connectivity index (χ1v) is 8.42. The number of rotatable bonds is 5. The van der Waals surface area contributed by atoms with E-state index >= 15 is 0 Å². The summed E-state index contributed by atoms with van der Waals surface area (Å²) in [6, 6.07) is 8.95. The smallest absolute Gasteiger partial charge is 0.170 e. The van der Waals surface area contributed by atoms with Crippen molar-refractivity contribution in [1.29, 1.82) is 0 Å². The van der Waals surface area contributed by atoms with Crippen molar-refractivity contribution in [2.24, 2.45) is 0 Å². The molecule has 2 rings (SSSR count). The van der Waals surface area contributed by atoms with Gasteiger partial charge in [0, 0.05) is 24.8 Å². The summed E-state index contributed by atoms with van der Waals surface area (Å²) in [6.07, 6.45) is 5.23. The molecule has 1 aliphatic heterocycles. The Labute approximate surface area is 134 Å². The monoisotopic (exact) mass is 305 g/mol. The molecule has 0 radical (unpaired) electrons. The Balaban J connectivity index is 1.64. The van der Waals surface area contributed by atoms with E-state index in [-0.39, 0.29) is 0 Å². The van der Waals surface area contributed by atoms with Gasteiger partial charge in [0.15, 0.2) is 5.11 Å².